The predicted molar refractivity (Wildman–Crippen MR) is 131 cm³/mol. The highest BCUT2D eigenvalue weighted by atomic mass is 16.3. The Morgan fingerprint density at radius 3 is 2.67 bits per heavy atom. The van der Waals surface area contributed by atoms with Crippen LogP contribution in [0.2, 0.25) is 0 Å². The van der Waals surface area contributed by atoms with E-state index in [0.29, 0.717) is 18.2 Å². The van der Waals surface area contributed by atoms with Crippen LogP contribution in [0.15, 0.2) is 24.3 Å². The Labute approximate surface area is 198 Å². The van der Waals surface area contributed by atoms with Crippen molar-refractivity contribution in [3.05, 3.63) is 30.0 Å². The number of rotatable bonds is 3. The molecular formula is C29H40N2O2. The van der Waals surface area contributed by atoms with Crippen molar-refractivity contribution in [3.8, 4) is 0 Å². The van der Waals surface area contributed by atoms with E-state index in [9.17, 15) is 9.90 Å². The summed E-state index contributed by atoms with van der Waals surface area (Å²) in [6, 6.07) is 8.28. The van der Waals surface area contributed by atoms with Crippen molar-refractivity contribution < 1.29 is 9.90 Å². The molecule has 4 aliphatic carbocycles. The number of para-hydroxylation sites is 1. The Bertz CT molecular complexity index is 1070. The van der Waals surface area contributed by atoms with Crippen LogP contribution in [-0.2, 0) is 11.3 Å². The molecule has 1 heterocycles. The number of benzene rings is 1. The number of carbonyl (C=O) groups is 1. The Balaban J connectivity index is 1.21. The van der Waals surface area contributed by atoms with E-state index in [-0.39, 0.29) is 11.3 Å². The first-order valence-corrected chi connectivity index (χ1v) is 13.4. The van der Waals surface area contributed by atoms with Crippen LogP contribution in [0, 0.1) is 47.8 Å². The van der Waals surface area contributed by atoms with E-state index in [2.05, 4.69) is 19.1 Å². The smallest absolute Gasteiger partial charge is 0.157 e. The Kier molecular flexibility index (Phi) is 5.07. The Morgan fingerprint density at radius 1 is 1.03 bits per heavy atom. The van der Waals surface area contributed by atoms with Gasteiger partial charge in [-0.25, -0.2) is 0 Å². The highest BCUT2D eigenvalue weighted by Gasteiger charge is 2.58. The number of nitrogens with zero attached hydrogens (tertiary/aromatic N) is 2. The summed E-state index contributed by atoms with van der Waals surface area (Å²) >= 11 is 0. The van der Waals surface area contributed by atoms with Gasteiger partial charge >= 0.3 is 0 Å². The summed E-state index contributed by atoms with van der Waals surface area (Å²) in [5, 5.41) is 16.5. The number of aryl methyl sites for hydroxylation is 1. The van der Waals surface area contributed by atoms with Gasteiger partial charge in [-0.15, -0.1) is 0 Å². The topological polar surface area (TPSA) is 55.1 Å². The van der Waals surface area contributed by atoms with E-state index in [1.54, 1.807) is 0 Å². The number of hydrogen-bond acceptors (Lipinski definition) is 3. The van der Waals surface area contributed by atoms with Crippen LogP contribution in [0.1, 0.15) is 77.3 Å². The first-order valence-electron chi connectivity index (χ1n) is 13.4. The van der Waals surface area contributed by atoms with Crippen molar-refractivity contribution in [2.75, 3.05) is 0 Å². The Morgan fingerprint density at radius 2 is 1.82 bits per heavy atom. The molecule has 1 aromatic heterocycles. The average molecular weight is 449 g/mol. The zero-order chi connectivity index (χ0) is 23.0. The molecule has 1 aromatic carbocycles. The third kappa shape index (κ3) is 3.42. The maximum absolute atomic E-state index is 13.7. The van der Waals surface area contributed by atoms with E-state index < -0.39 is 5.60 Å². The monoisotopic (exact) mass is 448 g/mol. The fourth-order valence-electron chi connectivity index (χ4n) is 9.28. The standard InChI is InChI=1S/C29H40N2O2/c1-18-20-6-4-5-7-26(20)31(30-18)17-27(32)25-11-10-24-23-9-8-19-16-28(2,33)14-12-21(19)22(23)13-15-29(24,25)3/h4-7,19,21-25,33H,8-17H2,1-3H3/t19-,21+,22-,23-,24+,25-,28-,29+/m1/s1. The van der Waals surface area contributed by atoms with Crippen LogP contribution < -0.4 is 0 Å². The van der Waals surface area contributed by atoms with Crippen LogP contribution in [0.4, 0.5) is 0 Å². The third-order valence-corrected chi connectivity index (χ3v) is 10.8. The summed E-state index contributed by atoms with van der Waals surface area (Å²) in [6.45, 7) is 6.95. The number of aliphatic hydroxyl groups is 1. The fourth-order valence-corrected chi connectivity index (χ4v) is 9.28. The van der Waals surface area contributed by atoms with Gasteiger partial charge in [0.25, 0.3) is 0 Å². The number of fused-ring (bicyclic) bond motifs is 6. The summed E-state index contributed by atoms with van der Waals surface area (Å²) in [4.78, 5) is 13.7. The first-order chi connectivity index (χ1) is 15.8. The molecule has 8 atom stereocenters. The van der Waals surface area contributed by atoms with Crippen molar-refractivity contribution in [2.45, 2.75) is 90.7 Å². The predicted octanol–water partition coefficient (Wildman–Crippen LogP) is 5.93. The molecule has 0 spiro atoms. The third-order valence-electron chi connectivity index (χ3n) is 10.8. The second kappa shape index (κ2) is 7.66. The lowest BCUT2D eigenvalue weighted by Crippen LogP contribution is -2.51. The van der Waals surface area contributed by atoms with Gasteiger partial charge in [-0.1, -0.05) is 25.1 Å². The lowest BCUT2D eigenvalue weighted by Gasteiger charge is -2.56. The first kappa shape index (κ1) is 21.8. The fraction of sp³-hybridized carbons (Fsp3) is 0.724. The van der Waals surface area contributed by atoms with Gasteiger partial charge in [0.1, 0.15) is 6.54 Å². The summed E-state index contributed by atoms with van der Waals surface area (Å²) in [6.07, 6.45) is 10.5. The molecule has 4 nitrogen and oxygen atoms in total. The van der Waals surface area contributed by atoms with Crippen LogP contribution >= 0.6 is 0 Å². The van der Waals surface area contributed by atoms with Crippen LogP contribution in [-0.4, -0.2) is 26.3 Å². The van der Waals surface area contributed by atoms with E-state index in [0.717, 1.165) is 59.5 Å². The molecule has 0 bridgehead atoms. The molecule has 2 aromatic rings. The summed E-state index contributed by atoms with van der Waals surface area (Å²) < 4.78 is 1.95. The van der Waals surface area contributed by atoms with Gasteiger partial charge in [0.15, 0.2) is 5.78 Å². The molecule has 4 heteroatoms. The number of hydrogen-bond donors (Lipinski definition) is 1. The highest BCUT2D eigenvalue weighted by molar-refractivity contribution is 5.86. The van der Waals surface area contributed by atoms with Gasteiger partial charge < -0.3 is 5.11 Å². The maximum Gasteiger partial charge on any atom is 0.157 e. The van der Waals surface area contributed by atoms with Crippen molar-refractivity contribution in [3.63, 3.8) is 0 Å². The molecule has 0 unspecified atom stereocenters. The van der Waals surface area contributed by atoms with Crippen molar-refractivity contribution >= 4 is 16.7 Å². The van der Waals surface area contributed by atoms with E-state index in [1.165, 1.54) is 38.5 Å². The minimum Gasteiger partial charge on any atom is -0.390 e. The molecule has 4 saturated carbocycles. The van der Waals surface area contributed by atoms with Crippen LogP contribution in [0.25, 0.3) is 10.9 Å². The van der Waals surface area contributed by atoms with Gasteiger partial charge in [0.2, 0.25) is 0 Å². The second-order valence-electron chi connectivity index (χ2n) is 12.6. The zero-order valence-electron chi connectivity index (χ0n) is 20.6. The zero-order valence-corrected chi connectivity index (χ0v) is 20.6. The normalized spacial score (nSPS) is 42.5. The largest absolute Gasteiger partial charge is 0.390 e. The lowest BCUT2D eigenvalue weighted by molar-refractivity contribution is -0.133. The molecule has 178 valence electrons. The summed E-state index contributed by atoms with van der Waals surface area (Å²) in [5.41, 5.74) is 1.80. The molecule has 0 saturated heterocycles. The van der Waals surface area contributed by atoms with Gasteiger partial charge in [-0.2, -0.15) is 5.10 Å². The quantitative estimate of drug-likeness (QED) is 0.633. The summed E-state index contributed by atoms with van der Waals surface area (Å²) in [5.74, 6) is 4.41. The molecule has 4 fully saturated rings. The van der Waals surface area contributed by atoms with Crippen molar-refractivity contribution in [2.24, 2.45) is 40.9 Å². The minimum absolute atomic E-state index is 0.156. The van der Waals surface area contributed by atoms with Crippen LogP contribution in [0.3, 0.4) is 0 Å². The minimum atomic E-state index is -0.447. The molecule has 0 aliphatic heterocycles. The molecule has 0 amide bonds. The number of Topliss-reactive ketones (excluding diaryl/α,β-unsaturated/α-hetero) is 1. The van der Waals surface area contributed by atoms with E-state index in [4.69, 9.17) is 5.10 Å². The Hall–Kier alpha value is -1.68. The van der Waals surface area contributed by atoms with E-state index in [1.807, 2.05) is 30.7 Å². The molecule has 1 N–H and O–H groups in total. The van der Waals surface area contributed by atoms with Crippen LogP contribution in [0.5, 0.6) is 0 Å². The number of carbonyl (C=O) groups excluding carboxylic acids is 1. The summed E-state index contributed by atoms with van der Waals surface area (Å²) in [7, 11) is 0. The molecule has 4 aliphatic rings. The van der Waals surface area contributed by atoms with E-state index >= 15 is 0 Å². The number of ketones is 1. The van der Waals surface area contributed by atoms with Gasteiger partial charge in [-0.3, -0.25) is 9.48 Å². The van der Waals surface area contributed by atoms with Crippen molar-refractivity contribution in [1.29, 1.82) is 0 Å². The van der Waals surface area contributed by atoms with Gasteiger partial charge in [0, 0.05) is 11.3 Å². The van der Waals surface area contributed by atoms with Gasteiger partial charge in [-0.05, 0) is 113 Å². The molecule has 6 rings (SSSR count). The average Bonchev–Trinajstić information content (AvgIpc) is 3.30. The molecule has 33 heavy (non-hydrogen) atoms. The van der Waals surface area contributed by atoms with Crippen molar-refractivity contribution in [1.82, 2.24) is 9.78 Å². The second-order valence-corrected chi connectivity index (χ2v) is 12.6. The number of aromatic nitrogens is 2. The SMILES string of the molecule is Cc1nn(CC(=O)[C@H]2CC[C@H]3[C@@H]4CC[C@@H]5C[C@](C)(O)CC[C@@H]5[C@H]4CC[C@]23C)c2ccccc12. The molecule has 0 radical (unpaired) electrons. The highest BCUT2D eigenvalue weighted by Crippen LogP contribution is 2.64. The molecular weight excluding hydrogens is 408 g/mol. The maximum atomic E-state index is 13.7. The lowest BCUT2D eigenvalue weighted by atomic mass is 9.49. The van der Waals surface area contributed by atoms with Gasteiger partial charge in [0.05, 0.1) is 16.8 Å².